The van der Waals surface area contributed by atoms with Gasteiger partial charge < -0.3 is 4.74 Å². The van der Waals surface area contributed by atoms with Crippen molar-refractivity contribution in [3.8, 4) is 0 Å². The van der Waals surface area contributed by atoms with Crippen LogP contribution in [0, 0.1) is 0 Å². The Labute approximate surface area is 125 Å². The predicted octanol–water partition coefficient (Wildman–Crippen LogP) is -1.22. The third-order valence-electron chi connectivity index (χ3n) is 2.06. The van der Waals surface area contributed by atoms with E-state index in [-0.39, 0.29) is 36.2 Å². The van der Waals surface area contributed by atoms with Gasteiger partial charge in [-0.2, -0.15) is 8.42 Å². The summed E-state index contributed by atoms with van der Waals surface area (Å²) in [5.41, 5.74) is 0. The first kappa shape index (κ1) is 19.7. The van der Waals surface area contributed by atoms with E-state index in [4.69, 9.17) is 4.55 Å². The predicted molar refractivity (Wildman–Crippen MR) is 60.8 cm³/mol. The van der Waals surface area contributed by atoms with Gasteiger partial charge in [0.25, 0.3) is 10.1 Å². The molecule has 0 aromatic carbocycles. The Hall–Kier alpha value is 0.380. The summed E-state index contributed by atoms with van der Waals surface area (Å²) in [6, 6.07) is 0. The first-order chi connectivity index (χ1) is 7.45. The van der Waals surface area contributed by atoms with Crippen molar-refractivity contribution in [3.63, 3.8) is 0 Å². The fourth-order valence-electron chi connectivity index (χ4n) is 1.26. The third-order valence-corrected chi connectivity index (χ3v) is 2.66. The molecule has 1 N–H and O–H groups in total. The number of hydrogen-bond donors (Lipinski definition) is 1. The molecule has 0 aliphatic heterocycles. The second-order valence-electron chi connectivity index (χ2n) is 3.71. The second-order valence-corrected chi connectivity index (χ2v) is 5.17. The number of ether oxygens (including phenoxy) is 1. The number of hydrogen-bond acceptors (Lipinski definition) is 4. The molecular weight excluding hydrogens is 255 g/mol. The summed E-state index contributed by atoms with van der Waals surface area (Å²) in [5, 5.41) is 0. The molecule has 0 heterocycles. The van der Waals surface area contributed by atoms with Crippen molar-refractivity contribution in [1.29, 1.82) is 0 Å². The number of rotatable bonds is 9. The number of unbranched alkanes of at least 4 members (excludes halogenated alkanes) is 5. The van der Waals surface area contributed by atoms with Gasteiger partial charge in [-0.1, -0.05) is 39.0 Å². The smallest absolute Gasteiger partial charge is 0.465 e. The van der Waals surface area contributed by atoms with Gasteiger partial charge in [-0.05, 0) is 6.42 Å². The van der Waals surface area contributed by atoms with Gasteiger partial charge >= 0.3 is 35.5 Å². The Morgan fingerprint density at radius 1 is 1.12 bits per heavy atom. The third kappa shape index (κ3) is 16.4. The number of carbonyl (C=O) groups excluding carboxylic acids is 1. The summed E-state index contributed by atoms with van der Waals surface area (Å²) in [7, 11) is -4.25. The molecule has 17 heavy (non-hydrogen) atoms. The van der Waals surface area contributed by atoms with E-state index in [1.807, 2.05) is 0 Å². The van der Waals surface area contributed by atoms with Gasteiger partial charge in [-0.15, -0.1) is 0 Å². The first-order valence-corrected chi connectivity index (χ1v) is 7.17. The summed E-state index contributed by atoms with van der Waals surface area (Å²) in [6.45, 7) is 2.36. The maximum Gasteiger partial charge on any atom is 1.00 e. The fraction of sp³-hybridized carbons (Fsp3) is 0.900. The van der Waals surface area contributed by atoms with E-state index in [1.165, 1.54) is 19.3 Å². The zero-order valence-electron chi connectivity index (χ0n) is 10.6. The van der Waals surface area contributed by atoms with Crippen molar-refractivity contribution in [2.24, 2.45) is 0 Å². The molecule has 7 heteroatoms. The quantitative estimate of drug-likeness (QED) is 0.247. The summed E-state index contributed by atoms with van der Waals surface area (Å²) in [4.78, 5) is 10.8. The normalized spacial score (nSPS) is 10.7. The van der Waals surface area contributed by atoms with Crippen molar-refractivity contribution in [1.82, 2.24) is 0 Å². The maximum atomic E-state index is 10.8. The standard InChI is InChI=1S/C10H20O5S.Na/c1-2-3-4-5-6-7-8-15-10(11)9-16(12,13)14;/h2-9H2,1H3,(H,12,13,14);/q;+1. The fourth-order valence-corrected chi connectivity index (χ4v) is 1.64. The molecule has 96 valence electrons. The average molecular weight is 275 g/mol. The molecule has 0 radical (unpaired) electrons. The Morgan fingerprint density at radius 2 is 1.65 bits per heavy atom. The van der Waals surface area contributed by atoms with Crippen LogP contribution >= 0.6 is 0 Å². The van der Waals surface area contributed by atoms with Gasteiger partial charge in [0.15, 0.2) is 5.75 Å². The van der Waals surface area contributed by atoms with Crippen LogP contribution in [0.4, 0.5) is 0 Å². The van der Waals surface area contributed by atoms with Crippen molar-refractivity contribution < 1.29 is 52.1 Å². The molecule has 0 bridgehead atoms. The molecule has 0 aromatic heterocycles. The minimum Gasteiger partial charge on any atom is -0.465 e. The monoisotopic (exact) mass is 275 g/mol. The van der Waals surface area contributed by atoms with E-state index in [2.05, 4.69) is 11.7 Å². The molecular formula is C10H20NaO5S+. The minimum atomic E-state index is -4.25. The zero-order valence-corrected chi connectivity index (χ0v) is 13.5. The molecule has 0 aromatic rings. The molecule has 0 fully saturated rings. The SMILES string of the molecule is CCCCCCCCOC(=O)CS(=O)(=O)O.[Na+]. The summed E-state index contributed by atoms with van der Waals surface area (Å²) in [5.74, 6) is -1.85. The maximum absolute atomic E-state index is 10.8. The molecule has 0 aliphatic rings. The van der Waals surface area contributed by atoms with Gasteiger partial charge in [0.05, 0.1) is 6.61 Å². The van der Waals surface area contributed by atoms with Crippen LogP contribution in [-0.2, 0) is 19.6 Å². The van der Waals surface area contributed by atoms with Crippen LogP contribution < -0.4 is 29.6 Å². The molecule has 0 rings (SSSR count). The average Bonchev–Trinajstić information content (AvgIpc) is 2.13. The topological polar surface area (TPSA) is 80.7 Å². The first-order valence-electron chi connectivity index (χ1n) is 5.56. The van der Waals surface area contributed by atoms with E-state index >= 15 is 0 Å². The van der Waals surface area contributed by atoms with Gasteiger partial charge in [-0.25, -0.2) is 0 Å². The molecule has 0 atom stereocenters. The van der Waals surface area contributed by atoms with Crippen LogP contribution in [0.1, 0.15) is 45.4 Å². The number of carbonyl (C=O) groups is 1. The molecule has 0 unspecified atom stereocenters. The summed E-state index contributed by atoms with van der Waals surface area (Å²) >= 11 is 0. The Morgan fingerprint density at radius 3 is 2.18 bits per heavy atom. The largest absolute Gasteiger partial charge is 1.00 e. The van der Waals surface area contributed by atoms with E-state index in [0.29, 0.717) is 0 Å². The molecule has 0 saturated heterocycles. The van der Waals surface area contributed by atoms with Gasteiger partial charge in [-0.3, -0.25) is 9.35 Å². The van der Waals surface area contributed by atoms with Crippen LogP contribution in [-0.4, -0.2) is 31.3 Å². The van der Waals surface area contributed by atoms with E-state index in [1.54, 1.807) is 0 Å². The van der Waals surface area contributed by atoms with Crippen LogP contribution in [0.25, 0.3) is 0 Å². The minimum absolute atomic E-state index is 0. The molecule has 0 spiro atoms. The van der Waals surface area contributed by atoms with Crippen LogP contribution in [0.3, 0.4) is 0 Å². The van der Waals surface area contributed by atoms with Crippen molar-refractivity contribution in [3.05, 3.63) is 0 Å². The van der Waals surface area contributed by atoms with Crippen LogP contribution in [0.2, 0.25) is 0 Å². The van der Waals surface area contributed by atoms with Crippen molar-refractivity contribution in [2.75, 3.05) is 12.4 Å². The van der Waals surface area contributed by atoms with E-state index in [0.717, 1.165) is 19.3 Å². The van der Waals surface area contributed by atoms with Gasteiger partial charge in [0.1, 0.15) is 0 Å². The Bertz CT molecular complexity index is 289. The van der Waals surface area contributed by atoms with Crippen molar-refractivity contribution >= 4 is 16.1 Å². The molecule has 5 nitrogen and oxygen atoms in total. The summed E-state index contributed by atoms with van der Waals surface area (Å²) < 4.78 is 33.6. The Kier molecular flexibility index (Phi) is 13.3. The van der Waals surface area contributed by atoms with Crippen LogP contribution in [0.15, 0.2) is 0 Å². The van der Waals surface area contributed by atoms with Gasteiger partial charge in [0, 0.05) is 0 Å². The second kappa shape index (κ2) is 11.5. The van der Waals surface area contributed by atoms with E-state index in [9.17, 15) is 13.2 Å². The molecule has 0 amide bonds. The number of esters is 1. The van der Waals surface area contributed by atoms with Crippen molar-refractivity contribution in [2.45, 2.75) is 45.4 Å². The van der Waals surface area contributed by atoms with Gasteiger partial charge in [0.2, 0.25) is 0 Å². The molecule has 0 saturated carbocycles. The molecule has 0 aliphatic carbocycles. The Balaban J connectivity index is 0. The van der Waals surface area contributed by atoms with Crippen LogP contribution in [0.5, 0.6) is 0 Å². The van der Waals surface area contributed by atoms with E-state index < -0.39 is 21.8 Å². The zero-order chi connectivity index (χ0) is 12.4. The summed E-state index contributed by atoms with van der Waals surface area (Å²) in [6.07, 6.45) is 6.38.